The van der Waals surface area contributed by atoms with Gasteiger partial charge in [-0.1, -0.05) is 12.1 Å². The summed E-state index contributed by atoms with van der Waals surface area (Å²) in [7, 11) is 0. The molecule has 0 aliphatic rings. The number of aromatic hydroxyl groups is 1. The number of carboxylic acid groups (broad SMARTS) is 1. The SMILES string of the molecule is CSCC[C@H](NC(=O)[C@@H](N)CCSC)C(=O)N[C@@H](Cc1ccc(O)cc1)C(=O)O. The quantitative estimate of drug-likeness (QED) is 0.302. The summed E-state index contributed by atoms with van der Waals surface area (Å²) in [4.78, 5) is 36.6. The maximum Gasteiger partial charge on any atom is 0.326 e. The molecule has 0 saturated heterocycles. The highest BCUT2D eigenvalue weighted by atomic mass is 32.2. The number of nitrogens with two attached hydrogens (primary N) is 1. The minimum atomic E-state index is -1.18. The van der Waals surface area contributed by atoms with E-state index in [-0.39, 0.29) is 12.2 Å². The first kappa shape index (κ1) is 25.1. The Labute approximate surface area is 179 Å². The summed E-state index contributed by atoms with van der Waals surface area (Å²) >= 11 is 3.10. The summed E-state index contributed by atoms with van der Waals surface area (Å²) in [5.74, 6) is -0.750. The van der Waals surface area contributed by atoms with E-state index in [9.17, 15) is 24.6 Å². The number of phenolic OH excluding ortho intramolecular Hbond substituents is 1. The molecule has 3 atom stereocenters. The largest absolute Gasteiger partial charge is 0.508 e. The Morgan fingerprint density at radius 3 is 2.07 bits per heavy atom. The van der Waals surface area contributed by atoms with Gasteiger partial charge in [0.05, 0.1) is 6.04 Å². The molecular weight excluding hydrogens is 414 g/mol. The van der Waals surface area contributed by atoms with Crippen LogP contribution in [-0.4, -0.2) is 70.1 Å². The Balaban J connectivity index is 2.80. The summed E-state index contributed by atoms with van der Waals surface area (Å²) < 4.78 is 0. The number of phenols is 1. The fourth-order valence-corrected chi connectivity index (χ4v) is 3.46. The number of rotatable bonds is 13. The van der Waals surface area contributed by atoms with Crippen LogP contribution in [0.3, 0.4) is 0 Å². The monoisotopic (exact) mass is 443 g/mol. The maximum atomic E-state index is 12.7. The molecule has 8 nitrogen and oxygen atoms in total. The molecule has 0 aromatic heterocycles. The van der Waals surface area contributed by atoms with Gasteiger partial charge in [-0.25, -0.2) is 4.79 Å². The van der Waals surface area contributed by atoms with Crippen molar-refractivity contribution in [1.29, 1.82) is 0 Å². The molecule has 0 radical (unpaired) electrons. The van der Waals surface area contributed by atoms with Crippen LogP contribution < -0.4 is 16.4 Å². The van der Waals surface area contributed by atoms with Crippen LogP contribution in [-0.2, 0) is 20.8 Å². The third kappa shape index (κ3) is 9.42. The third-order valence-corrected chi connectivity index (χ3v) is 5.49. The molecule has 0 aliphatic heterocycles. The van der Waals surface area contributed by atoms with Crippen molar-refractivity contribution in [3.63, 3.8) is 0 Å². The molecule has 0 bridgehead atoms. The minimum absolute atomic E-state index is 0.0534. The number of carboxylic acids is 1. The van der Waals surface area contributed by atoms with E-state index < -0.39 is 35.9 Å². The number of hydrogen-bond acceptors (Lipinski definition) is 7. The van der Waals surface area contributed by atoms with Gasteiger partial charge in [0.25, 0.3) is 0 Å². The molecule has 10 heteroatoms. The fourth-order valence-electron chi connectivity index (χ4n) is 2.50. The van der Waals surface area contributed by atoms with Crippen LogP contribution in [0.5, 0.6) is 5.75 Å². The van der Waals surface area contributed by atoms with Crippen molar-refractivity contribution in [2.75, 3.05) is 24.0 Å². The van der Waals surface area contributed by atoms with Crippen molar-refractivity contribution >= 4 is 41.3 Å². The average Bonchev–Trinajstić information content (AvgIpc) is 2.69. The average molecular weight is 444 g/mol. The van der Waals surface area contributed by atoms with E-state index in [4.69, 9.17) is 5.73 Å². The van der Waals surface area contributed by atoms with Gasteiger partial charge in [-0.15, -0.1) is 0 Å². The number of amides is 2. The summed E-state index contributed by atoms with van der Waals surface area (Å²) in [6, 6.07) is 3.34. The number of benzene rings is 1. The van der Waals surface area contributed by atoms with Gasteiger partial charge < -0.3 is 26.6 Å². The van der Waals surface area contributed by atoms with Crippen LogP contribution in [0.25, 0.3) is 0 Å². The molecular formula is C19H29N3O5S2. The Morgan fingerprint density at radius 1 is 0.966 bits per heavy atom. The lowest BCUT2D eigenvalue weighted by atomic mass is 10.0. The standard InChI is InChI=1S/C19H29N3O5S2/c1-28-9-7-14(20)17(24)21-15(8-10-29-2)18(25)22-16(19(26)27)11-12-3-5-13(23)6-4-12/h3-6,14-16,23H,7-11,20H2,1-2H3,(H,21,24)(H,22,25)(H,26,27)/t14-,15-,16-/m0/s1. The number of carbonyl (C=O) groups is 3. The Kier molecular flexibility index (Phi) is 11.6. The van der Waals surface area contributed by atoms with Gasteiger partial charge in [-0.2, -0.15) is 23.5 Å². The summed E-state index contributed by atoms with van der Waals surface area (Å²) in [6.07, 6.45) is 4.70. The van der Waals surface area contributed by atoms with Gasteiger partial charge in [0.1, 0.15) is 17.8 Å². The Hall–Kier alpha value is -1.91. The lowest BCUT2D eigenvalue weighted by molar-refractivity contribution is -0.142. The van der Waals surface area contributed by atoms with Crippen molar-refractivity contribution in [2.24, 2.45) is 5.73 Å². The number of carbonyl (C=O) groups excluding carboxylic acids is 2. The molecule has 0 unspecified atom stereocenters. The van der Waals surface area contributed by atoms with Crippen molar-refractivity contribution < 1.29 is 24.6 Å². The van der Waals surface area contributed by atoms with Crippen molar-refractivity contribution in [3.05, 3.63) is 29.8 Å². The summed E-state index contributed by atoms with van der Waals surface area (Å²) in [5.41, 5.74) is 6.52. The van der Waals surface area contributed by atoms with Crippen molar-refractivity contribution in [2.45, 2.75) is 37.4 Å². The van der Waals surface area contributed by atoms with Gasteiger partial charge >= 0.3 is 5.97 Å². The highest BCUT2D eigenvalue weighted by Gasteiger charge is 2.27. The molecule has 6 N–H and O–H groups in total. The van der Waals surface area contributed by atoms with Crippen LogP contribution >= 0.6 is 23.5 Å². The summed E-state index contributed by atoms with van der Waals surface area (Å²) in [5, 5.41) is 24.0. The van der Waals surface area contributed by atoms with Gasteiger partial charge in [-0.05, 0) is 54.6 Å². The molecule has 162 valence electrons. The van der Waals surface area contributed by atoms with E-state index in [1.54, 1.807) is 23.9 Å². The second kappa shape index (κ2) is 13.3. The molecule has 1 aromatic rings. The van der Waals surface area contributed by atoms with E-state index in [2.05, 4.69) is 10.6 Å². The van der Waals surface area contributed by atoms with Gasteiger partial charge in [0.2, 0.25) is 11.8 Å². The first-order valence-electron chi connectivity index (χ1n) is 9.13. The predicted molar refractivity (Wildman–Crippen MR) is 117 cm³/mol. The van der Waals surface area contributed by atoms with Crippen molar-refractivity contribution in [1.82, 2.24) is 10.6 Å². The lowest BCUT2D eigenvalue weighted by Gasteiger charge is -2.23. The van der Waals surface area contributed by atoms with E-state index in [0.717, 1.165) is 5.75 Å². The second-order valence-corrected chi connectivity index (χ2v) is 8.47. The minimum Gasteiger partial charge on any atom is -0.508 e. The number of thioether (sulfide) groups is 2. The molecule has 0 aliphatic carbocycles. The topological polar surface area (TPSA) is 142 Å². The highest BCUT2D eigenvalue weighted by molar-refractivity contribution is 7.98. The van der Waals surface area contributed by atoms with E-state index in [1.165, 1.54) is 23.9 Å². The van der Waals surface area contributed by atoms with E-state index in [0.29, 0.717) is 24.2 Å². The Morgan fingerprint density at radius 2 is 1.52 bits per heavy atom. The zero-order chi connectivity index (χ0) is 21.8. The molecule has 29 heavy (non-hydrogen) atoms. The van der Waals surface area contributed by atoms with Crippen LogP contribution in [0.2, 0.25) is 0 Å². The first-order valence-corrected chi connectivity index (χ1v) is 11.9. The third-order valence-electron chi connectivity index (χ3n) is 4.20. The van der Waals surface area contributed by atoms with Crippen LogP contribution in [0.1, 0.15) is 18.4 Å². The van der Waals surface area contributed by atoms with Gasteiger partial charge in [-0.3, -0.25) is 9.59 Å². The fraction of sp³-hybridized carbons (Fsp3) is 0.526. The van der Waals surface area contributed by atoms with Gasteiger partial charge in [0, 0.05) is 6.42 Å². The first-order chi connectivity index (χ1) is 13.8. The molecule has 0 fully saturated rings. The van der Waals surface area contributed by atoms with Crippen molar-refractivity contribution in [3.8, 4) is 5.75 Å². The Bertz CT molecular complexity index is 672. The number of nitrogens with one attached hydrogen (secondary N) is 2. The zero-order valence-electron chi connectivity index (χ0n) is 16.6. The molecule has 2 amide bonds. The highest BCUT2D eigenvalue weighted by Crippen LogP contribution is 2.12. The van der Waals surface area contributed by atoms with Crippen LogP contribution in [0, 0.1) is 0 Å². The molecule has 0 saturated carbocycles. The van der Waals surface area contributed by atoms with E-state index >= 15 is 0 Å². The molecule has 0 spiro atoms. The van der Waals surface area contributed by atoms with Crippen LogP contribution in [0.15, 0.2) is 24.3 Å². The lowest BCUT2D eigenvalue weighted by Crippen LogP contribution is -2.55. The predicted octanol–water partition coefficient (Wildman–Crippen LogP) is 0.822. The second-order valence-electron chi connectivity index (χ2n) is 6.50. The molecule has 1 rings (SSSR count). The zero-order valence-corrected chi connectivity index (χ0v) is 18.2. The molecule has 1 aromatic carbocycles. The summed E-state index contributed by atoms with van der Waals surface area (Å²) in [6.45, 7) is 0. The van der Waals surface area contributed by atoms with Gasteiger partial charge in [0.15, 0.2) is 0 Å². The normalized spacial score (nSPS) is 13.9. The maximum absolute atomic E-state index is 12.7. The van der Waals surface area contributed by atoms with Crippen LogP contribution in [0.4, 0.5) is 0 Å². The van der Waals surface area contributed by atoms with E-state index in [1.807, 2.05) is 12.5 Å². The smallest absolute Gasteiger partial charge is 0.326 e. The molecule has 0 heterocycles. The number of hydrogen-bond donors (Lipinski definition) is 5. The number of aliphatic carboxylic acids is 1.